The minimum Gasteiger partial charge on any atom is -0.314 e. The fourth-order valence-corrected chi connectivity index (χ4v) is 3.28. The Hall–Kier alpha value is -0.930. The fourth-order valence-electron chi connectivity index (χ4n) is 3.28. The van der Waals surface area contributed by atoms with Crippen LogP contribution in [0.15, 0.2) is 24.3 Å². The predicted octanol–water partition coefficient (Wildman–Crippen LogP) is 3.57. The second kappa shape index (κ2) is 7.19. The molecule has 20 heavy (non-hydrogen) atoms. The molecule has 0 amide bonds. The van der Waals surface area contributed by atoms with E-state index in [0.29, 0.717) is 5.54 Å². The summed E-state index contributed by atoms with van der Waals surface area (Å²) in [6.45, 7) is 1.87. The highest BCUT2D eigenvalue weighted by atomic mass is 19.1. The van der Waals surface area contributed by atoms with Crippen LogP contribution in [0.25, 0.3) is 0 Å². The van der Waals surface area contributed by atoms with E-state index in [1.54, 1.807) is 12.1 Å². The molecule has 112 valence electrons. The highest BCUT2D eigenvalue weighted by Gasteiger charge is 2.29. The Bertz CT molecular complexity index is 413. The van der Waals surface area contributed by atoms with Crippen molar-refractivity contribution in [3.63, 3.8) is 0 Å². The number of halogens is 1. The third-order valence-electron chi connectivity index (χ3n) is 4.65. The Morgan fingerprint density at radius 3 is 2.65 bits per heavy atom. The Kier molecular flexibility index (Phi) is 5.55. The molecule has 0 saturated heterocycles. The standard InChI is InChI=1S/C17H27FN2/c1-19-17(9-4-3-5-10-17)11-12-20(2)14-15-7-6-8-16(18)13-15/h6-8,13,19H,3-5,9-12,14H2,1-2H3. The van der Waals surface area contributed by atoms with Crippen molar-refractivity contribution in [2.45, 2.75) is 50.6 Å². The topological polar surface area (TPSA) is 15.3 Å². The first-order valence-electron chi connectivity index (χ1n) is 7.75. The predicted molar refractivity (Wildman–Crippen MR) is 82.2 cm³/mol. The van der Waals surface area contributed by atoms with Crippen molar-refractivity contribution >= 4 is 0 Å². The van der Waals surface area contributed by atoms with E-state index in [0.717, 1.165) is 18.7 Å². The zero-order valence-electron chi connectivity index (χ0n) is 12.8. The Morgan fingerprint density at radius 2 is 2.00 bits per heavy atom. The second-order valence-electron chi connectivity index (χ2n) is 6.21. The van der Waals surface area contributed by atoms with Crippen LogP contribution in [0.3, 0.4) is 0 Å². The van der Waals surface area contributed by atoms with Crippen LogP contribution in [0.5, 0.6) is 0 Å². The number of rotatable bonds is 6. The van der Waals surface area contributed by atoms with Gasteiger partial charge in [-0.2, -0.15) is 0 Å². The van der Waals surface area contributed by atoms with E-state index in [1.807, 2.05) is 6.07 Å². The van der Waals surface area contributed by atoms with Gasteiger partial charge in [-0.05, 0) is 57.6 Å². The van der Waals surface area contributed by atoms with E-state index in [9.17, 15) is 4.39 Å². The van der Waals surface area contributed by atoms with Crippen LogP contribution in [0, 0.1) is 5.82 Å². The number of hydrogen-bond acceptors (Lipinski definition) is 2. The van der Waals surface area contributed by atoms with E-state index in [1.165, 1.54) is 44.6 Å². The molecule has 0 spiro atoms. The zero-order chi connectivity index (χ0) is 14.4. The van der Waals surface area contributed by atoms with Crippen molar-refractivity contribution in [1.29, 1.82) is 0 Å². The maximum absolute atomic E-state index is 13.2. The molecule has 1 saturated carbocycles. The summed E-state index contributed by atoms with van der Waals surface area (Å²) in [4.78, 5) is 2.29. The van der Waals surface area contributed by atoms with E-state index in [4.69, 9.17) is 0 Å². The van der Waals surface area contributed by atoms with Crippen LogP contribution >= 0.6 is 0 Å². The maximum Gasteiger partial charge on any atom is 0.123 e. The summed E-state index contributed by atoms with van der Waals surface area (Å²) in [5.41, 5.74) is 1.38. The molecule has 0 heterocycles. The summed E-state index contributed by atoms with van der Waals surface area (Å²) in [5, 5.41) is 3.56. The monoisotopic (exact) mass is 278 g/mol. The Balaban J connectivity index is 1.83. The molecular weight excluding hydrogens is 251 g/mol. The van der Waals surface area contributed by atoms with Crippen molar-refractivity contribution in [3.05, 3.63) is 35.6 Å². The van der Waals surface area contributed by atoms with Crippen molar-refractivity contribution in [2.75, 3.05) is 20.6 Å². The van der Waals surface area contributed by atoms with Crippen LogP contribution in [0.4, 0.5) is 4.39 Å². The first-order valence-corrected chi connectivity index (χ1v) is 7.75. The molecule has 1 aromatic carbocycles. The van der Waals surface area contributed by atoms with Gasteiger partial charge in [-0.25, -0.2) is 4.39 Å². The molecule has 3 heteroatoms. The van der Waals surface area contributed by atoms with Crippen LogP contribution in [-0.4, -0.2) is 31.1 Å². The molecule has 1 aliphatic carbocycles. The quantitative estimate of drug-likeness (QED) is 0.856. The van der Waals surface area contributed by atoms with Gasteiger partial charge in [0.2, 0.25) is 0 Å². The van der Waals surface area contributed by atoms with Gasteiger partial charge in [-0.3, -0.25) is 0 Å². The highest BCUT2D eigenvalue weighted by molar-refractivity contribution is 5.16. The van der Waals surface area contributed by atoms with Crippen molar-refractivity contribution in [3.8, 4) is 0 Å². The van der Waals surface area contributed by atoms with E-state index in [2.05, 4.69) is 24.3 Å². The average molecular weight is 278 g/mol. The van der Waals surface area contributed by atoms with E-state index < -0.39 is 0 Å². The lowest BCUT2D eigenvalue weighted by Gasteiger charge is -2.38. The van der Waals surface area contributed by atoms with Gasteiger partial charge < -0.3 is 10.2 Å². The first-order chi connectivity index (χ1) is 9.63. The molecule has 1 aromatic rings. The third-order valence-corrected chi connectivity index (χ3v) is 4.65. The third kappa shape index (κ3) is 4.29. The minimum absolute atomic E-state index is 0.144. The van der Waals surface area contributed by atoms with Gasteiger partial charge in [0.25, 0.3) is 0 Å². The number of nitrogens with one attached hydrogen (secondary N) is 1. The molecule has 1 fully saturated rings. The largest absolute Gasteiger partial charge is 0.314 e. The highest BCUT2D eigenvalue weighted by Crippen LogP contribution is 2.30. The van der Waals surface area contributed by atoms with Crippen molar-refractivity contribution in [2.24, 2.45) is 0 Å². The van der Waals surface area contributed by atoms with Gasteiger partial charge in [-0.1, -0.05) is 31.4 Å². The molecule has 0 radical (unpaired) electrons. The summed E-state index contributed by atoms with van der Waals surface area (Å²) in [6.07, 6.45) is 7.81. The molecule has 2 nitrogen and oxygen atoms in total. The molecule has 0 aromatic heterocycles. The molecule has 1 N–H and O–H groups in total. The van der Waals surface area contributed by atoms with Crippen molar-refractivity contribution < 1.29 is 4.39 Å². The van der Waals surface area contributed by atoms with Crippen LogP contribution in [0.1, 0.15) is 44.1 Å². The fraction of sp³-hybridized carbons (Fsp3) is 0.647. The van der Waals surface area contributed by atoms with E-state index >= 15 is 0 Å². The lowest BCUT2D eigenvalue weighted by Crippen LogP contribution is -2.46. The smallest absolute Gasteiger partial charge is 0.123 e. The van der Waals surface area contributed by atoms with Gasteiger partial charge in [0.15, 0.2) is 0 Å². The average Bonchev–Trinajstić information content (AvgIpc) is 2.46. The summed E-state index contributed by atoms with van der Waals surface area (Å²) < 4.78 is 13.2. The Morgan fingerprint density at radius 1 is 1.25 bits per heavy atom. The van der Waals surface area contributed by atoms with Gasteiger partial charge in [0.1, 0.15) is 5.82 Å². The number of hydrogen-bond donors (Lipinski definition) is 1. The van der Waals surface area contributed by atoms with Gasteiger partial charge >= 0.3 is 0 Å². The molecule has 1 aliphatic rings. The van der Waals surface area contributed by atoms with Crippen LogP contribution in [0.2, 0.25) is 0 Å². The summed E-state index contributed by atoms with van der Waals surface area (Å²) in [7, 11) is 4.22. The molecular formula is C17H27FN2. The molecule has 0 aliphatic heterocycles. The number of nitrogens with zero attached hydrogens (tertiary/aromatic N) is 1. The number of benzene rings is 1. The minimum atomic E-state index is -0.144. The molecule has 0 atom stereocenters. The molecule has 0 unspecified atom stereocenters. The van der Waals surface area contributed by atoms with Gasteiger partial charge in [0, 0.05) is 12.1 Å². The second-order valence-corrected chi connectivity index (χ2v) is 6.21. The maximum atomic E-state index is 13.2. The zero-order valence-corrected chi connectivity index (χ0v) is 12.8. The summed E-state index contributed by atoms with van der Waals surface area (Å²) in [5.74, 6) is -0.144. The van der Waals surface area contributed by atoms with Gasteiger partial charge in [-0.15, -0.1) is 0 Å². The van der Waals surface area contributed by atoms with Crippen LogP contribution in [-0.2, 0) is 6.54 Å². The SMILES string of the molecule is CNC1(CCN(C)Cc2cccc(F)c2)CCCCC1. The molecule has 0 bridgehead atoms. The lowest BCUT2D eigenvalue weighted by molar-refractivity contribution is 0.194. The normalized spacial score (nSPS) is 18.4. The molecule has 2 rings (SSSR count). The lowest BCUT2D eigenvalue weighted by atomic mass is 9.79. The van der Waals surface area contributed by atoms with E-state index in [-0.39, 0.29) is 5.82 Å². The summed E-state index contributed by atoms with van der Waals surface area (Å²) >= 11 is 0. The van der Waals surface area contributed by atoms with Crippen LogP contribution < -0.4 is 5.32 Å². The first kappa shape index (κ1) is 15.5. The Labute approximate surface area is 122 Å². The van der Waals surface area contributed by atoms with Gasteiger partial charge in [0.05, 0.1) is 0 Å². The van der Waals surface area contributed by atoms with Crippen molar-refractivity contribution in [1.82, 2.24) is 10.2 Å². The summed E-state index contributed by atoms with van der Waals surface area (Å²) in [6, 6.07) is 6.91.